The van der Waals surface area contributed by atoms with Crippen molar-refractivity contribution in [2.75, 3.05) is 0 Å². The molecule has 2 heteroatoms. The molecule has 0 N–H and O–H groups in total. The van der Waals surface area contributed by atoms with Crippen molar-refractivity contribution in [2.45, 2.75) is 0 Å². The molecule has 0 aliphatic heterocycles. The number of rotatable bonds is 0. The zero-order valence-electron chi connectivity index (χ0n) is 2.73. The van der Waals surface area contributed by atoms with Crippen LogP contribution >= 0.6 is 0 Å². The minimum absolute atomic E-state index is 0. The van der Waals surface area contributed by atoms with Crippen LogP contribution in [0, 0.1) is 11.3 Å². The average Bonchev–Trinajstić information content (AvgIpc) is 1.37. The molecule has 0 fully saturated rings. The summed E-state index contributed by atoms with van der Waals surface area (Å²) >= 11 is 0. The third-order valence-electron chi connectivity index (χ3n) is 0.0913. The third-order valence-corrected chi connectivity index (χ3v) is 0.0913. The van der Waals surface area contributed by atoms with E-state index in [1.54, 1.807) is 6.07 Å². The maximum absolute atomic E-state index is 7.51. The number of hydrogen-bond acceptors (Lipinski definition) is 1. The summed E-state index contributed by atoms with van der Waals surface area (Å²) in [4.78, 5) is 0. The van der Waals surface area contributed by atoms with Gasteiger partial charge in [-0.1, -0.05) is 6.58 Å². The smallest absolute Gasteiger partial charge is 0.193 e. The maximum atomic E-state index is 7.51. The first-order valence-electron chi connectivity index (χ1n) is 0.921. The van der Waals surface area contributed by atoms with Crippen LogP contribution in [0.15, 0.2) is 12.7 Å². The number of nitriles is 1. The number of hydrogen-bond donors (Lipinski definition) is 0. The Bertz CT molecular complexity index is 52.4. The molecule has 0 saturated heterocycles. The Balaban J connectivity index is 0. The standard InChI is InChI=1S/C3H3N.Ge/c1-2-3-4;/h2H,1H2;/q;+4. The molecule has 0 radical (unpaired) electrons. The van der Waals surface area contributed by atoms with Gasteiger partial charge in [0.05, 0.1) is 6.07 Å². The third kappa shape index (κ3) is 19.9. The Morgan fingerprint density at radius 1 is 1.80 bits per heavy atom. The normalized spacial score (nSPS) is 3.00. The minimum Gasteiger partial charge on any atom is -0.193 e. The van der Waals surface area contributed by atoms with Gasteiger partial charge in [-0.3, -0.25) is 0 Å². The van der Waals surface area contributed by atoms with E-state index in [0.717, 1.165) is 0 Å². The molecule has 0 aromatic heterocycles. The van der Waals surface area contributed by atoms with E-state index in [2.05, 4.69) is 6.58 Å². The Labute approximate surface area is 42.3 Å². The van der Waals surface area contributed by atoms with Crippen molar-refractivity contribution in [3.8, 4) is 6.07 Å². The summed E-state index contributed by atoms with van der Waals surface area (Å²) in [7, 11) is 0. The predicted molar refractivity (Wildman–Crippen MR) is 21.6 cm³/mol. The maximum Gasteiger partial charge on any atom is 4.00 e. The summed E-state index contributed by atoms with van der Waals surface area (Å²) < 4.78 is 0. The van der Waals surface area contributed by atoms with Gasteiger partial charge in [0.15, 0.2) is 0 Å². The molecule has 0 unspecified atom stereocenters. The second-order valence-electron chi connectivity index (χ2n) is 0.333. The Hall–Kier alpha value is -0.227. The SMILES string of the molecule is C=CC#N.[Ge+4]. The molecule has 20 valence electrons. The first-order valence-corrected chi connectivity index (χ1v) is 0.921. The van der Waals surface area contributed by atoms with Crippen LogP contribution in [0.4, 0.5) is 0 Å². The van der Waals surface area contributed by atoms with Crippen LogP contribution in [0.3, 0.4) is 0 Å². The fraction of sp³-hybridized carbons (Fsp3) is 0. The number of nitrogens with zero attached hydrogens (tertiary/aromatic N) is 1. The van der Waals surface area contributed by atoms with Crippen LogP contribution < -0.4 is 0 Å². The van der Waals surface area contributed by atoms with E-state index < -0.39 is 0 Å². The van der Waals surface area contributed by atoms with Gasteiger partial charge in [0.1, 0.15) is 0 Å². The largest absolute Gasteiger partial charge is 4.00 e. The summed E-state index contributed by atoms with van der Waals surface area (Å²) in [6, 6.07) is 1.69. The molecule has 0 heterocycles. The van der Waals surface area contributed by atoms with E-state index in [1.165, 1.54) is 6.08 Å². The number of allylic oxidation sites excluding steroid dienone is 1. The van der Waals surface area contributed by atoms with Crippen molar-refractivity contribution in [3.63, 3.8) is 0 Å². The molecular weight excluding hydrogens is 123 g/mol. The summed E-state index contributed by atoms with van der Waals surface area (Å²) in [6.07, 6.45) is 1.18. The first kappa shape index (κ1) is 8.84. The fourth-order valence-corrected chi connectivity index (χ4v) is 0. The molecule has 0 amide bonds. The molecule has 0 aromatic rings. The van der Waals surface area contributed by atoms with Gasteiger partial charge in [-0.2, -0.15) is 5.26 Å². The van der Waals surface area contributed by atoms with E-state index >= 15 is 0 Å². The van der Waals surface area contributed by atoms with Crippen LogP contribution in [0.1, 0.15) is 0 Å². The quantitative estimate of drug-likeness (QED) is 0.338. The van der Waals surface area contributed by atoms with Crippen molar-refractivity contribution in [2.24, 2.45) is 0 Å². The van der Waals surface area contributed by atoms with Gasteiger partial charge >= 0.3 is 17.6 Å². The Morgan fingerprint density at radius 3 is 2.00 bits per heavy atom. The molecule has 0 aliphatic rings. The van der Waals surface area contributed by atoms with Crippen LogP contribution in [-0.4, -0.2) is 17.6 Å². The second kappa shape index (κ2) is 9.23. The molecule has 0 aromatic carbocycles. The van der Waals surface area contributed by atoms with Gasteiger partial charge in [-0.25, -0.2) is 0 Å². The van der Waals surface area contributed by atoms with Gasteiger partial charge in [0.2, 0.25) is 0 Å². The van der Waals surface area contributed by atoms with Crippen LogP contribution in [0.5, 0.6) is 0 Å². The van der Waals surface area contributed by atoms with E-state index in [-0.39, 0.29) is 17.6 Å². The molecule has 0 spiro atoms. The van der Waals surface area contributed by atoms with Gasteiger partial charge in [0, 0.05) is 6.08 Å². The molecule has 0 rings (SSSR count). The monoisotopic (exact) mass is 127 g/mol. The van der Waals surface area contributed by atoms with E-state index in [4.69, 9.17) is 5.26 Å². The summed E-state index contributed by atoms with van der Waals surface area (Å²) in [6.45, 7) is 3.12. The second-order valence-corrected chi connectivity index (χ2v) is 0.333. The van der Waals surface area contributed by atoms with Gasteiger partial charge < -0.3 is 0 Å². The van der Waals surface area contributed by atoms with Gasteiger partial charge in [-0.15, -0.1) is 0 Å². The molecule has 0 saturated carbocycles. The van der Waals surface area contributed by atoms with Crippen LogP contribution in [-0.2, 0) is 0 Å². The topological polar surface area (TPSA) is 23.8 Å². The summed E-state index contributed by atoms with van der Waals surface area (Å²) in [5, 5.41) is 7.51. The molecule has 1 nitrogen and oxygen atoms in total. The van der Waals surface area contributed by atoms with Crippen molar-refractivity contribution < 1.29 is 0 Å². The van der Waals surface area contributed by atoms with E-state index in [0.29, 0.717) is 0 Å². The van der Waals surface area contributed by atoms with Crippen molar-refractivity contribution in [1.82, 2.24) is 0 Å². The Morgan fingerprint density at radius 2 is 2.00 bits per heavy atom. The molecule has 5 heavy (non-hydrogen) atoms. The minimum atomic E-state index is 0. The van der Waals surface area contributed by atoms with E-state index in [1.807, 2.05) is 0 Å². The molecule has 0 atom stereocenters. The van der Waals surface area contributed by atoms with Crippen molar-refractivity contribution >= 4 is 17.6 Å². The summed E-state index contributed by atoms with van der Waals surface area (Å²) in [5.41, 5.74) is 0. The molecule has 0 bridgehead atoms. The van der Waals surface area contributed by atoms with Crippen molar-refractivity contribution in [1.29, 1.82) is 5.26 Å². The first-order chi connectivity index (χ1) is 1.91. The fourth-order valence-electron chi connectivity index (χ4n) is 0. The van der Waals surface area contributed by atoms with Gasteiger partial charge in [0.25, 0.3) is 0 Å². The van der Waals surface area contributed by atoms with Crippen LogP contribution in [0.2, 0.25) is 0 Å². The molecule has 0 aliphatic carbocycles. The zero-order valence-corrected chi connectivity index (χ0v) is 4.83. The van der Waals surface area contributed by atoms with Gasteiger partial charge in [-0.05, 0) is 0 Å². The Kier molecular flexibility index (Phi) is 16.3. The molecular formula is C3H3GeN+4. The van der Waals surface area contributed by atoms with Crippen LogP contribution in [0.25, 0.3) is 0 Å². The average molecular weight is 126 g/mol. The summed E-state index contributed by atoms with van der Waals surface area (Å²) in [5.74, 6) is 0. The van der Waals surface area contributed by atoms with E-state index in [9.17, 15) is 0 Å². The predicted octanol–water partition coefficient (Wildman–Crippen LogP) is 0.315. The zero-order chi connectivity index (χ0) is 3.41. The van der Waals surface area contributed by atoms with Crippen molar-refractivity contribution in [3.05, 3.63) is 12.7 Å².